The van der Waals surface area contributed by atoms with Crippen LogP contribution in [-0.2, 0) is 0 Å². The summed E-state index contributed by atoms with van der Waals surface area (Å²) in [4.78, 5) is 0. The maximum absolute atomic E-state index is 4.89. The summed E-state index contributed by atoms with van der Waals surface area (Å²) in [6.07, 6.45) is 0. The Morgan fingerprint density at radius 1 is 0.588 bits per heavy atom. The maximum atomic E-state index is 4.89. The van der Waals surface area contributed by atoms with E-state index in [0.717, 1.165) is 16.7 Å². The highest BCUT2D eigenvalue weighted by Crippen LogP contribution is 2.40. The lowest BCUT2D eigenvalue weighted by Crippen LogP contribution is -1.96. The monoisotopic (exact) mass is 440 g/mol. The van der Waals surface area contributed by atoms with Gasteiger partial charge in [-0.3, -0.25) is 0 Å². The lowest BCUT2D eigenvalue weighted by molar-refractivity contribution is 0.975. The Morgan fingerprint density at radius 3 is 2.12 bits per heavy atom. The molecule has 0 fully saturated rings. The second-order valence-electron chi connectivity index (χ2n) is 9.63. The molecule has 2 heterocycles. The number of nitrogens with zero attached hydrogens (tertiary/aromatic N) is 2. The summed E-state index contributed by atoms with van der Waals surface area (Å²) in [6, 6.07) is 29.1. The Kier molecular flexibility index (Phi) is 4.60. The van der Waals surface area contributed by atoms with Gasteiger partial charge in [-0.2, -0.15) is 5.10 Å². The number of aryl methyl sites for hydroxylation is 5. The van der Waals surface area contributed by atoms with Crippen molar-refractivity contribution in [2.45, 2.75) is 34.6 Å². The van der Waals surface area contributed by atoms with E-state index >= 15 is 0 Å². The first-order valence-electron chi connectivity index (χ1n) is 11.9. The van der Waals surface area contributed by atoms with Crippen LogP contribution in [0.4, 0.5) is 0 Å². The van der Waals surface area contributed by atoms with E-state index in [2.05, 4.69) is 118 Å². The molecule has 2 nitrogen and oxygen atoms in total. The summed E-state index contributed by atoms with van der Waals surface area (Å²) < 4.78 is 2.12. The fraction of sp³-hybridized carbons (Fsp3) is 0.156. The fourth-order valence-electron chi connectivity index (χ4n) is 5.61. The summed E-state index contributed by atoms with van der Waals surface area (Å²) in [7, 11) is 0. The summed E-state index contributed by atoms with van der Waals surface area (Å²) in [6.45, 7) is 10.8. The molecule has 6 rings (SSSR count). The molecular formula is C32H28N2. The van der Waals surface area contributed by atoms with Crippen molar-refractivity contribution >= 4 is 27.2 Å². The van der Waals surface area contributed by atoms with Crippen molar-refractivity contribution in [3.8, 4) is 22.3 Å². The standard InChI is InChI=1S/C32H28N2/c1-19-12-14-25(22(4)16-19)27-10-7-11-29-32(27)28-18-24(31-20(2)8-6-9-21(31)3)13-15-26(28)30-17-23(5)33-34(29)30/h6-18H,1-5H3. The van der Waals surface area contributed by atoms with E-state index in [1.165, 1.54) is 60.7 Å². The second-order valence-corrected chi connectivity index (χ2v) is 9.63. The SMILES string of the molecule is Cc1ccc(-c2cccc3c2c2cc(-c4c(C)cccc4C)ccc2c2cc(C)nn23)c(C)c1. The van der Waals surface area contributed by atoms with E-state index < -0.39 is 0 Å². The Morgan fingerprint density at radius 2 is 1.35 bits per heavy atom. The van der Waals surface area contributed by atoms with Gasteiger partial charge in [0.1, 0.15) is 0 Å². The molecule has 4 aromatic carbocycles. The molecule has 2 aromatic heterocycles. The smallest absolute Gasteiger partial charge is 0.0750 e. The van der Waals surface area contributed by atoms with Crippen LogP contribution >= 0.6 is 0 Å². The first-order valence-corrected chi connectivity index (χ1v) is 11.9. The van der Waals surface area contributed by atoms with Crippen LogP contribution in [0.1, 0.15) is 27.9 Å². The quantitative estimate of drug-likeness (QED) is 0.247. The van der Waals surface area contributed by atoms with Gasteiger partial charge in [0.05, 0.1) is 16.7 Å². The molecule has 0 aliphatic heterocycles. The van der Waals surface area contributed by atoms with E-state index in [9.17, 15) is 0 Å². The van der Waals surface area contributed by atoms with Crippen LogP contribution < -0.4 is 0 Å². The molecule has 0 unspecified atom stereocenters. The third-order valence-corrected chi connectivity index (χ3v) is 7.11. The lowest BCUT2D eigenvalue weighted by Gasteiger charge is -2.16. The van der Waals surface area contributed by atoms with Crippen LogP contribution in [-0.4, -0.2) is 9.61 Å². The van der Waals surface area contributed by atoms with E-state index in [1.807, 2.05) is 0 Å². The lowest BCUT2D eigenvalue weighted by atomic mass is 9.90. The molecule has 0 aliphatic carbocycles. The van der Waals surface area contributed by atoms with Crippen molar-refractivity contribution in [3.05, 3.63) is 107 Å². The highest BCUT2D eigenvalue weighted by atomic mass is 15.2. The Bertz CT molecular complexity index is 1730. The van der Waals surface area contributed by atoms with E-state index in [4.69, 9.17) is 5.10 Å². The average Bonchev–Trinajstić information content (AvgIpc) is 3.20. The Labute approximate surface area is 200 Å². The Hall–Kier alpha value is -3.91. The van der Waals surface area contributed by atoms with Gasteiger partial charge in [-0.1, -0.05) is 66.2 Å². The van der Waals surface area contributed by atoms with Crippen molar-refractivity contribution in [3.63, 3.8) is 0 Å². The van der Waals surface area contributed by atoms with Gasteiger partial charge in [-0.25, -0.2) is 4.52 Å². The van der Waals surface area contributed by atoms with E-state index in [0.29, 0.717) is 0 Å². The van der Waals surface area contributed by atoms with Gasteiger partial charge in [0, 0.05) is 10.8 Å². The average molecular weight is 441 g/mol. The molecule has 0 amide bonds. The zero-order chi connectivity index (χ0) is 23.6. The number of pyridine rings is 1. The maximum Gasteiger partial charge on any atom is 0.0750 e. The van der Waals surface area contributed by atoms with Crippen LogP contribution in [0, 0.1) is 34.6 Å². The molecule has 0 atom stereocenters. The number of rotatable bonds is 2. The van der Waals surface area contributed by atoms with Crippen molar-refractivity contribution in [1.82, 2.24) is 9.61 Å². The number of hydrogen-bond donors (Lipinski definition) is 0. The molecule has 0 N–H and O–H groups in total. The summed E-state index contributed by atoms with van der Waals surface area (Å²) >= 11 is 0. The van der Waals surface area contributed by atoms with Crippen molar-refractivity contribution in [2.24, 2.45) is 0 Å². The van der Waals surface area contributed by atoms with Crippen LogP contribution in [0.25, 0.3) is 49.4 Å². The summed E-state index contributed by atoms with van der Waals surface area (Å²) in [5, 5.41) is 8.66. The van der Waals surface area contributed by atoms with Crippen LogP contribution in [0.5, 0.6) is 0 Å². The van der Waals surface area contributed by atoms with Crippen LogP contribution in [0.15, 0.2) is 78.9 Å². The molecule has 0 saturated heterocycles. The minimum Gasteiger partial charge on any atom is -0.232 e. The van der Waals surface area contributed by atoms with Gasteiger partial charge in [-0.15, -0.1) is 0 Å². The highest BCUT2D eigenvalue weighted by Gasteiger charge is 2.17. The summed E-state index contributed by atoms with van der Waals surface area (Å²) in [5.41, 5.74) is 13.6. The molecule has 2 heteroatoms. The fourth-order valence-corrected chi connectivity index (χ4v) is 5.61. The molecule has 0 bridgehead atoms. The van der Waals surface area contributed by atoms with Gasteiger partial charge < -0.3 is 0 Å². The van der Waals surface area contributed by atoms with Crippen LogP contribution in [0.2, 0.25) is 0 Å². The number of aromatic nitrogens is 2. The van der Waals surface area contributed by atoms with Crippen molar-refractivity contribution in [1.29, 1.82) is 0 Å². The van der Waals surface area contributed by atoms with Crippen LogP contribution in [0.3, 0.4) is 0 Å². The summed E-state index contributed by atoms with van der Waals surface area (Å²) in [5.74, 6) is 0. The molecule has 0 spiro atoms. The minimum atomic E-state index is 1.03. The van der Waals surface area contributed by atoms with E-state index in [-0.39, 0.29) is 0 Å². The number of fused-ring (bicyclic) bond motifs is 6. The molecule has 6 aromatic rings. The highest BCUT2D eigenvalue weighted by molar-refractivity contribution is 6.18. The molecule has 0 radical (unpaired) electrons. The Balaban J connectivity index is 1.81. The predicted octanol–water partition coefficient (Wildman–Crippen LogP) is 8.52. The first-order chi connectivity index (χ1) is 16.4. The van der Waals surface area contributed by atoms with Gasteiger partial charge >= 0.3 is 0 Å². The second kappa shape index (κ2) is 7.56. The first kappa shape index (κ1) is 20.7. The topological polar surface area (TPSA) is 17.3 Å². The van der Waals surface area contributed by atoms with Crippen molar-refractivity contribution < 1.29 is 0 Å². The van der Waals surface area contributed by atoms with Gasteiger partial charge in [0.2, 0.25) is 0 Å². The molecule has 34 heavy (non-hydrogen) atoms. The largest absolute Gasteiger partial charge is 0.232 e. The third kappa shape index (κ3) is 3.06. The normalized spacial score (nSPS) is 11.7. The van der Waals surface area contributed by atoms with Gasteiger partial charge in [0.15, 0.2) is 0 Å². The number of benzene rings is 4. The zero-order valence-corrected chi connectivity index (χ0v) is 20.4. The van der Waals surface area contributed by atoms with E-state index in [1.54, 1.807) is 0 Å². The molecular weight excluding hydrogens is 412 g/mol. The number of hydrogen-bond acceptors (Lipinski definition) is 1. The predicted molar refractivity (Wildman–Crippen MR) is 145 cm³/mol. The minimum absolute atomic E-state index is 1.03. The zero-order valence-electron chi connectivity index (χ0n) is 20.4. The van der Waals surface area contributed by atoms with Gasteiger partial charge in [-0.05, 0) is 97.1 Å². The van der Waals surface area contributed by atoms with Crippen molar-refractivity contribution in [2.75, 3.05) is 0 Å². The molecule has 0 saturated carbocycles. The molecule has 166 valence electrons. The third-order valence-electron chi connectivity index (χ3n) is 7.11. The van der Waals surface area contributed by atoms with Gasteiger partial charge in [0.25, 0.3) is 0 Å². The molecule has 0 aliphatic rings.